The molecule has 1 heterocycles. The zero-order chi connectivity index (χ0) is 18.9. The van der Waals surface area contributed by atoms with Crippen LogP contribution in [0.5, 0.6) is 0 Å². The second-order valence-electron chi connectivity index (χ2n) is 8.29. The van der Waals surface area contributed by atoms with Crippen LogP contribution in [0, 0.1) is 12.3 Å². The van der Waals surface area contributed by atoms with Gasteiger partial charge in [-0.1, -0.05) is 43.7 Å². The summed E-state index contributed by atoms with van der Waals surface area (Å²) >= 11 is 0. The molecule has 2 amide bonds. The first-order valence-electron chi connectivity index (χ1n) is 9.45. The monoisotopic (exact) mass is 358 g/mol. The number of carbonyl (C=O) groups is 2. The van der Waals surface area contributed by atoms with E-state index in [1.54, 1.807) is 0 Å². The van der Waals surface area contributed by atoms with Crippen LogP contribution in [0.1, 0.15) is 37.8 Å². The van der Waals surface area contributed by atoms with Crippen molar-refractivity contribution in [3.05, 3.63) is 35.4 Å². The molecule has 2 fully saturated rings. The molecule has 1 aromatic rings. The largest absolute Gasteiger partial charge is 0.375 e. The van der Waals surface area contributed by atoms with E-state index in [4.69, 9.17) is 4.74 Å². The third-order valence-electron chi connectivity index (χ3n) is 6.05. The fourth-order valence-electron chi connectivity index (χ4n) is 4.29. The van der Waals surface area contributed by atoms with Crippen LogP contribution >= 0.6 is 0 Å². The van der Waals surface area contributed by atoms with Crippen molar-refractivity contribution in [2.75, 3.05) is 39.9 Å². The Labute approximate surface area is 156 Å². The predicted molar refractivity (Wildman–Crippen MR) is 101 cm³/mol. The van der Waals surface area contributed by atoms with Gasteiger partial charge in [-0.05, 0) is 30.7 Å². The Kier molecular flexibility index (Phi) is 5.11. The normalized spacial score (nSPS) is 24.9. The molecule has 0 spiro atoms. The second kappa shape index (κ2) is 7.03. The standard InChI is InChI=1S/C21H30N2O3/c1-16-6-8-17(9-7-16)21(15-20(21,2)3)19(25)23-11-5-10-22(12-13-23)18(24)14-26-4/h6-9H,5,10-15H2,1-4H3. The average Bonchev–Trinajstić information content (AvgIpc) is 3.27. The maximum Gasteiger partial charge on any atom is 0.248 e. The number of hydrogen-bond acceptors (Lipinski definition) is 3. The van der Waals surface area contributed by atoms with Crippen LogP contribution in [0.4, 0.5) is 0 Å². The van der Waals surface area contributed by atoms with Crippen molar-refractivity contribution in [3.63, 3.8) is 0 Å². The van der Waals surface area contributed by atoms with E-state index in [9.17, 15) is 9.59 Å². The van der Waals surface area contributed by atoms with E-state index in [0.29, 0.717) is 26.2 Å². The van der Waals surface area contributed by atoms with Gasteiger partial charge in [0.2, 0.25) is 11.8 Å². The molecule has 26 heavy (non-hydrogen) atoms. The molecule has 0 bridgehead atoms. The Morgan fingerprint density at radius 3 is 2.19 bits per heavy atom. The van der Waals surface area contributed by atoms with Crippen LogP contribution in [-0.2, 0) is 19.7 Å². The lowest BCUT2D eigenvalue weighted by Gasteiger charge is -2.29. The van der Waals surface area contributed by atoms with E-state index in [1.165, 1.54) is 12.7 Å². The molecule has 5 nitrogen and oxygen atoms in total. The minimum atomic E-state index is -0.424. The van der Waals surface area contributed by atoms with Gasteiger partial charge in [-0.15, -0.1) is 0 Å². The molecule has 5 heteroatoms. The van der Waals surface area contributed by atoms with Gasteiger partial charge in [-0.2, -0.15) is 0 Å². The SMILES string of the molecule is COCC(=O)N1CCCN(C(=O)C2(c3ccc(C)cc3)CC2(C)C)CC1. The highest BCUT2D eigenvalue weighted by Gasteiger charge is 2.67. The number of ether oxygens (including phenoxy) is 1. The molecule has 1 aliphatic heterocycles. The summed E-state index contributed by atoms with van der Waals surface area (Å²) in [6.07, 6.45) is 1.69. The molecule has 0 N–H and O–H groups in total. The number of nitrogens with zero attached hydrogens (tertiary/aromatic N) is 2. The zero-order valence-corrected chi connectivity index (χ0v) is 16.4. The highest BCUT2D eigenvalue weighted by Crippen LogP contribution is 2.65. The highest BCUT2D eigenvalue weighted by molar-refractivity contribution is 5.93. The van der Waals surface area contributed by atoms with Crippen LogP contribution < -0.4 is 0 Å². The quantitative estimate of drug-likeness (QED) is 0.830. The average molecular weight is 358 g/mol. The van der Waals surface area contributed by atoms with E-state index in [-0.39, 0.29) is 23.8 Å². The molecular weight excluding hydrogens is 328 g/mol. The summed E-state index contributed by atoms with van der Waals surface area (Å²) in [5.74, 6) is 0.217. The highest BCUT2D eigenvalue weighted by atomic mass is 16.5. The number of carbonyl (C=O) groups excluding carboxylic acids is 2. The van der Waals surface area contributed by atoms with Crippen molar-refractivity contribution in [1.82, 2.24) is 9.80 Å². The maximum atomic E-state index is 13.5. The van der Waals surface area contributed by atoms with Gasteiger partial charge in [0.1, 0.15) is 6.61 Å². The smallest absolute Gasteiger partial charge is 0.248 e. The van der Waals surface area contributed by atoms with E-state index in [0.717, 1.165) is 18.4 Å². The molecule has 0 radical (unpaired) electrons. The van der Waals surface area contributed by atoms with Gasteiger partial charge in [0.15, 0.2) is 0 Å². The van der Waals surface area contributed by atoms with Crippen molar-refractivity contribution in [1.29, 1.82) is 0 Å². The topological polar surface area (TPSA) is 49.9 Å². The zero-order valence-electron chi connectivity index (χ0n) is 16.4. The Morgan fingerprint density at radius 1 is 1.04 bits per heavy atom. The third-order valence-corrected chi connectivity index (χ3v) is 6.05. The lowest BCUT2D eigenvalue weighted by atomic mass is 9.86. The molecule has 1 saturated carbocycles. The lowest BCUT2D eigenvalue weighted by molar-refractivity contribution is -0.137. The van der Waals surface area contributed by atoms with Gasteiger partial charge in [0, 0.05) is 33.3 Å². The fraction of sp³-hybridized carbons (Fsp3) is 0.619. The molecule has 1 unspecified atom stereocenters. The van der Waals surface area contributed by atoms with E-state index in [1.807, 2.05) is 9.80 Å². The maximum absolute atomic E-state index is 13.5. The van der Waals surface area contributed by atoms with Crippen molar-refractivity contribution in [3.8, 4) is 0 Å². The first-order chi connectivity index (χ1) is 12.3. The van der Waals surface area contributed by atoms with Gasteiger partial charge >= 0.3 is 0 Å². The first kappa shape index (κ1) is 18.9. The molecule has 1 saturated heterocycles. The molecule has 1 aliphatic carbocycles. The van der Waals surface area contributed by atoms with Crippen molar-refractivity contribution in [2.24, 2.45) is 5.41 Å². The summed E-state index contributed by atoms with van der Waals surface area (Å²) < 4.78 is 4.96. The Hall–Kier alpha value is -1.88. The van der Waals surface area contributed by atoms with Gasteiger partial charge in [0.05, 0.1) is 5.41 Å². The number of rotatable bonds is 4. The number of hydrogen-bond donors (Lipinski definition) is 0. The molecule has 1 aromatic carbocycles. The van der Waals surface area contributed by atoms with Crippen LogP contribution in [0.3, 0.4) is 0 Å². The van der Waals surface area contributed by atoms with Gasteiger partial charge in [-0.3, -0.25) is 9.59 Å². The van der Waals surface area contributed by atoms with Crippen molar-refractivity contribution < 1.29 is 14.3 Å². The summed E-state index contributed by atoms with van der Waals surface area (Å²) in [5.41, 5.74) is 1.87. The third kappa shape index (κ3) is 3.25. The summed E-state index contributed by atoms with van der Waals surface area (Å²) in [6, 6.07) is 8.39. The molecule has 3 rings (SSSR count). The second-order valence-corrected chi connectivity index (χ2v) is 8.29. The summed E-state index contributed by atoms with van der Waals surface area (Å²) in [5, 5.41) is 0. The summed E-state index contributed by atoms with van der Waals surface area (Å²) in [7, 11) is 1.53. The van der Waals surface area contributed by atoms with Gasteiger partial charge in [-0.25, -0.2) is 0 Å². The van der Waals surface area contributed by atoms with Gasteiger partial charge < -0.3 is 14.5 Å². The minimum absolute atomic E-state index is 0.00167. The molecule has 0 aromatic heterocycles. The lowest BCUT2D eigenvalue weighted by Crippen LogP contribution is -2.44. The van der Waals surface area contributed by atoms with Crippen LogP contribution in [-0.4, -0.2) is 61.5 Å². The molecule has 142 valence electrons. The van der Waals surface area contributed by atoms with Crippen LogP contribution in [0.15, 0.2) is 24.3 Å². The molecular formula is C21H30N2O3. The van der Waals surface area contributed by atoms with Crippen LogP contribution in [0.2, 0.25) is 0 Å². The Bertz CT molecular complexity index is 683. The Balaban J connectivity index is 1.77. The Morgan fingerprint density at radius 2 is 1.62 bits per heavy atom. The van der Waals surface area contributed by atoms with Crippen molar-refractivity contribution >= 4 is 11.8 Å². The van der Waals surface area contributed by atoms with Crippen LogP contribution in [0.25, 0.3) is 0 Å². The first-order valence-corrected chi connectivity index (χ1v) is 9.45. The fourth-order valence-corrected chi connectivity index (χ4v) is 4.29. The number of amides is 2. The van der Waals surface area contributed by atoms with Gasteiger partial charge in [0.25, 0.3) is 0 Å². The van der Waals surface area contributed by atoms with E-state index in [2.05, 4.69) is 45.0 Å². The number of aryl methyl sites for hydroxylation is 1. The van der Waals surface area contributed by atoms with E-state index < -0.39 is 5.41 Å². The van der Waals surface area contributed by atoms with E-state index >= 15 is 0 Å². The number of benzene rings is 1. The minimum Gasteiger partial charge on any atom is -0.375 e. The van der Waals surface area contributed by atoms with Crippen molar-refractivity contribution in [2.45, 2.75) is 39.0 Å². The molecule has 2 aliphatic rings. The predicted octanol–water partition coefficient (Wildman–Crippen LogP) is 2.37. The number of methoxy groups -OCH3 is 1. The molecule has 1 atom stereocenters. The summed E-state index contributed by atoms with van der Waals surface area (Å²) in [4.78, 5) is 29.4. The summed E-state index contributed by atoms with van der Waals surface area (Å²) in [6.45, 7) is 9.10.